The van der Waals surface area contributed by atoms with E-state index < -0.39 is 0 Å². The van der Waals surface area contributed by atoms with Gasteiger partial charge < -0.3 is 19.3 Å². The second kappa shape index (κ2) is 9.92. The molecule has 8 nitrogen and oxygen atoms in total. The van der Waals surface area contributed by atoms with Crippen LogP contribution in [0.5, 0.6) is 11.5 Å². The van der Waals surface area contributed by atoms with Gasteiger partial charge in [0, 0.05) is 41.2 Å². The van der Waals surface area contributed by atoms with Gasteiger partial charge in [-0.3, -0.25) is 10.2 Å². The molecule has 0 spiro atoms. The zero-order valence-corrected chi connectivity index (χ0v) is 25.6. The second-order valence-electron chi connectivity index (χ2n) is 13.6. The van der Waals surface area contributed by atoms with E-state index in [1.165, 1.54) is 0 Å². The maximum atomic E-state index is 6.73. The van der Waals surface area contributed by atoms with Crippen molar-refractivity contribution in [2.45, 2.75) is 20.3 Å². The number of anilines is 2. The first kappa shape index (κ1) is 26.7. The molecular formula is C37H36N6O2. The molecule has 0 aliphatic carbocycles. The van der Waals surface area contributed by atoms with Crippen LogP contribution in [0.4, 0.5) is 11.4 Å². The Labute approximate surface area is 262 Å². The number of likely N-dealkylation sites (tertiary alicyclic amines) is 1. The molecule has 0 radical (unpaired) electrons. The first-order valence-electron chi connectivity index (χ1n) is 15.9. The van der Waals surface area contributed by atoms with Crippen LogP contribution in [0.2, 0.25) is 0 Å². The van der Waals surface area contributed by atoms with Gasteiger partial charge >= 0.3 is 0 Å². The van der Waals surface area contributed by atoms with Crippen LogP contribution in [0, 0.1) is 10.8 Å². The molecule has 9 rings (SSSR count). The van der Waals surface area contributed by atoms with Gasteiger partial charge in [-0.1, -0.05) is 38.1 Å². The molecule has 2 atom stereocenters. The smallest absolute Gasteiger partial charge is 0.151 e. The number of fused-ring (bicyclic) bond motifs is 5. The van der Waals surface area contributed by atoms with Gasteiger partial charge in [0.25, 0.3) is 0 Å². The Bertz CT molecular complexity index is 1940. The van der Waals surface area contributed by atoms with E-state index in [1.54, 1.807) is 0 Å². The largest absolute Gasteiger partial charge is 0.453 e. The summed E-state index contributed by atoms with van der Waals surface area (Å²) < 4.78 is 12.6. The van der Waals surface area contributed by atoms with Crippen LogP contribution in [-0.2, 0) is 4.74 Å². The Morgan fingerprint density at radius 3 is 1.73 bits per heavy atom. The third kappa shape index (κ3) is 4.35. The zero-order valence-electron chi connectivity index (χ0n) is 25.6. The van der Waals surface area contributed by atoms with E-state index in [0.717, 1.165) is 113 Å². The van der Waals surface area contributed by atoms with E-state index in [4.69, 9.17) is 9.47 Å². The van der Waals surface area contributed by atoms with Crippen LogP contribution in [0.1, 0.15) is 20.3 Å². The number of aromatic nitrogens is 4. The summed E-state index contributed by atoms with van der Waals surface area (Å²) in [5.74, 6) is 1.75. The number of benzene rings is 4. The number of ether oxygens (including phenoxy) is 2. The van der Waals surface area contributed by atoms with E-state index in [2.05, 4.69) is 117 Å². The lowest BCUT2D eigenvalue weighted by Gasteiger charge is -2.34. The zero-order chi connectivity index (χ0) is 30.2. The lowest BCUT2D eigenvalue weighted by Crippen LogP contribution is -2.34. The highest BCUT2D eigenvalue weighted by Gasteiger charge is 2.55. The van der Waals surface area contributed by atoms with Gasteiger partial charge in [0.05, 0.1) is 48.0 Å². The third-order valence-corrected chi connectivity index (χ3v) is 10.6. The van der Waals surface area contributed by atoms with Gasteiger partial charge in [0.2, 0.25) is 0 Å². The molecule has 5 heterocycles. The number of hydrogen-bond acceptors (Lipinski definition) is 6. The summed E-state index contributed by atoms with van der Waals surface area (Å²) in [6.07, 6.45) is 4.80. The number of aromatic amines is 2. The Morgan fingerprint density at radius 2 is 1.18 bits per heavy atom. The van der Waals surface area contributed by atoms with Gasteiger partial charge in [-0.25, -0.2) is 0 Å². The van der Waals surface area contributed by atoms with Crippen LogP contribution in [0.25, 0.3) is 44.1 Å². The highest BCUT2D eigenvalue weighted by atomic mass is 16.5. The van der Waals surface area contributed by atoms with Crippen LogP contribution in [0.3, 0.4) is 0 Å². The highest BCUT2D eigenvalue weighted by molar-refractivity contribution is 5.88. The minimum Gasteiger partial charge on any atom is -0.453 e. The van der Waals surface area contributed by atoms with Crippen LogP contribution in [-0.4, -0.2) is 64.7 Å². The van der Waals surface area contributed by atoms with Crippen molar-refractivity contribution >= 4 is 33.2 Å². The summed E-state index contributed by atoms with van der Waals surface area (Å²) in [5.41, 5.74) is 9.29. The van der Waals surface area contributed by atoms with Gasteiger partial charge in [-0.2, -0.15) is 10.2 Å². The maximum Gasteiger partial charge on any atom is 0.151 e. The van der Waals surface area contributed by atoms with Crippen molar-refractivity contribution in [3.8, 4) is 33.8 Å². The van der Waals surface area contributed by atoms with Gasteiger partial charge in [-0.05, 0) is 83.8 Å². The molecule has 2 aromatic heterocycles. The Morgan fingerprint density at radius 1 is 0.667 bits per heavy atom. The molecule has 3 aliphatic heterocycles. The Hall–Kier alpha value is -4.66. The maximum absolute atomic E-state index is 6.73. The van der Waals surface area contributed by atoms with Crippen molar-refractivity contribution in [2.24, 2.45) is 10.8 Å². The Kier molecular flexibility index (Phi) is 5.89. The molecule has 6 aromatic rings. The number of rotatable bonds is 6. The topological polar surface area (TPSA) is 82.3 Å². The fourth-order valence-electron chi connectivity index (χ4n) is 7.71. The van der Waals surface area contributed by atoms with E-state index in [9.17, 15) is 0 Å². The molecule has 3 aliphatic rings. The number of nitrogens with one attached hydrogen (secondary N) is 2. The summed E-state index contributed by atoms with van der Waals surface area (Å²) in [7, 11) is 0. The number of H-pyrrole nitrogens is 2. The van der Waals surface area contributed by atoms with E-state index in [0.29, 0.717) is 0 Å². The van der Waals surface area contributed by atoms with E-state index >= 15 is 0 Å². The predicted molar refractivity (Wildman–Crippen MR) is 178 cm³/mol. The van der Waals surface area contributed by atoms with Crippen molar-refractivity contribution in [2.75, 3.05) is 44.3 Å². The number of hydrogen-bond donors (Lipinski definition) is 2. The van der Waals surface area contributed by atoms with E-state index in [1.807, 2.05) is 12.4 Å². The molecule has 8 heteroatoms. The summed E-state index contributed by atoms with van der Waals surface area (Å²) in [6.45, 7) is 10.7. The SMILES string of the molecule is C[C@@]12COC[C@]1(C)CN(CCCN1c3ccc(-c4ccc5[nH]ncc5c4)cc3Oc3cc(-c4ccc5[nH]ncc5c4)ccc31)C2. The summed E-state index contributed by atoms with van der Waals surface area (Å²) in [4.78, 5) is 5.10. The van der Waals surface area contributed by atoms with Gasteiger partial charge in [0.15, 0.2) is 11.5 Å². The van der Waals surface area contributed by atoms with Crippen molar-refractivity contribution in [3.63, 3.8) is 0 Å². The van der Waals surface area contributed by atoms with Gasteiger partial charge in [0.1, 0.15) is 0 Å². The minimum atomic E-state index is 0.247. The molecule has 226 valence electrons. The molecule has 0 saturated carbocycles. The highest BCUT2D eigenvalue weighted by Crippen LogP contribution is 2.51. The molecule has 4 aromatic carbocycles. The quantitative estimate of drug-likeness (QED) is 0.205. The van der Waals surface area contributed by atoms with Crippen molar-refractivity contribution in [1.29, 1.82) is 0 Å². The lowest BCUT2D eigenvalue weighted by atomic mass is 9.71. The van der Waals surface area contributed by atoms with Crippen molar-refractivity contribution in [1.82, 2.24) is 25.3 Å². The minimum absolute atomic E-state index is 0.247. The first-order chi connectivity index (χ1) is 21.9. The summed E-state index contributed by atoms with van der Waals surface area (Å²) in [6, 6.07) is 26.0. The monoisotopic (exact) mass is 596 g/mol. The molecule has 2 saturated heterocycles. The fourth-order valence-corrected chi connectivity index (χ4v) is 7.71. The average Bonchev–Trinajstić information content (AvgIpc) is 3.81. The molecule has 0 bridgehead atoms. The van der Waals surface area contributed by atoms with Crippen LogP contribution >= 0.6 is 0 Å². The first-order valence-corrected chi connectivity index (χ1v) is 15.9. The number of nitrogens with zero attached hydrogens (tertiary/aromatic N) is 4. The van der Waals surface area contributed by atoms with Crippen LogP contribution < -0.4 is 9.64 Å². The molecule has 2 fully saturated rings. The third-order valence-electron chi connectivity index (χ3n) is 10.6. The standard InChI is InChI=1S/C37H36N6O2/c1-36-20-42(21-37(36,2)23-44-22-36)12-3-13-43-32-10-6-26(24-4-8-30-28(14-24)18-38-40-30)16-34(32)45-35-17-27(7-11-33(35)43)25-5-9-31-29(15-25)19-39-41-31/h4-11,14-19H,3,12-13,20-23H2,1-2H3,(H,38,40)(H,39,41)/t36-,37+. The molecule has 0 amide bonds. The summed E-state index contributed by atoms with van der Waals surface area (Å²) >= 11 is 0. The lowest BCUT2D eigenvalue weighted by molar-refractivity contribution is 0.130. The summed E-state index contributed by atoms with van der Waals surface area (Å²) in [5, 5.41) is 16.7. The molecule has 45 heavy (non-hydrogen) atoms. The fraction of sp³-hybridized carbons (Fsp3) is 0.297. The van der Waals surface area contributed by atoms with Crippen LogP contribution in [0.15, 0.2) is 85.2 Å². The average molecular weight is 597 g/mol. The normalized spacial score (nSPS) is 22.5. The van der Waals surface area contributed by atoms with Crippen molar-refractivity contribution in [3.05, 3.63) is 85.2 Å². The molecule has 2 N–H and O–H groups in total. The predicted octanol–water partition coefficient (Wildman–Crippen LogP) is 7.77. The van der Waals surface area contributed by atoms with Gasteiger partial charge in [-0.15, -0.1) is 0 Å². The van der Waals surface area contributed by atoms with Crippen molar-refractivity contribution < 1.29 is 9.47 Å². The second-order valence-corrected chi connectivity index (χ2v) is 13.6. The van der Waals surface area contributed by atoms with E-state index in [-0.39, 0.29) is 10.8 Å². The molecule has 0 unspecified atom stereocenters. The Balaban J connectivity index is 1.04. The molecular weight excluding hydrogens is 560 g/mol.